The molecule has 3 rings (SSSR count). The van der Waals surface area contributed by atoms with Gasteiger partial charge >= 0.3 is 0 Å². The number of anilines is 1. The fourth-order valence-corrected chi connectivity index (χ4v) is 4.27. The summed E-state index contributed by atoms with van der Waals surface area (Å²) < 4.78 is 39.3. The third kappa shape index (κ3) is 1.92. The van der Waals surface area contributed by atoms with E-state index in [-0.39, 0.29) is 24.7 Å². The molecule has 0 radical (unpaired) electrons. The summed E-state index contributed by atoms with van der Waals surface area (Å²) in [5.41, 5.74) is 4.51. The van der Waals surface area contributed by atoms with Crippen molar-refractivity contribution in [1.82, 2.24) is 4.31 Å². The molecule has 5 nitrogen and oxygen atoms in total. The SMILES string of the molecule is Nc1cccc(F)c1S(=O)(=O)N1CC(O)(C2CC2)C1. The van der Waals surface area contributed by atoms with Gasteiger partial charge in [-0.15, -0.1) is 0 Å². The Balaban J connectivity index is 1.88. The van der Waals surface area contributed by atoms with Crippen LogP contribution in [-0.4, -0.2) is 36.5 Å². The van der Waals surface area contributed by atoms with Crippen molar-refractivity contribution in [2.75, 3.05) is 18.8 Å². The number of hydrogen-bond acceptors (Lipinski definition) is 4. The lowest BCUT2D eigenvalue weighted by molar-refractivity contribution is -0.0765. The summed E-state index contributed by atoms with van der Waals surface area (Å²) in [4.78, 5) is -0.493. The van der Waals surface area contributed by atoms with E-state index < -0.39 is 26.3 Å². The topological polar surface area (TPSA) is 83.6 Å². The number of sulfonamides is 1. The average molecular weight is 286 g/mol. The fraction of sp³-hybridized carbons (Fsp3) is 0.500. The third-order valence-electron chi connectivity index (χ3n) is 3.83. The van der Waals surface area contributed by atoms with Gasteiger partial charge < -0.3 is 10.8 Å². The van der Waals surface area contributed by atoms with E-state index in [4.69, 9.17) is 5.73 Å². The number of rotatable bonds is 3. The molecule has 2 aliphatic rings. The Morgan fingerprint density at radius 1 is 1.37 bits per heavy atom. The summed E-state index contributed by atoms with van der Waals surface area (Å²) >= 11 is 0. The van der Waals surface area contributed by atoms with Gasteiger partial charge in [0.15, 0.2) is 0 Å². The van der Waals surface area contributed by atoms with Crippen LogP contribution in [-0.2, 0) is 10.0 Å². The second-order valence-corrected chi connectivity index (χ2v) is 7.18. The van der Waals surface area contributed by atoms with Gasteiger partial charge in [0.05, 0.1) is 11.3 Å². The zero-order chi connectivity index (χ0) is 13.8. The summed E-state index contributed by atoms with van der Waals surface area (Å²) in [5.74, 6) is -0.682. The van der Waals surface area contributed by atoms with Crippen LogP contribution < -0.4 is 5.73 Å². The molecule has 0 aromatic heterocycles. The van der Waals surface area contributed by atoms with E-state index >= 15 is 0 Å². The van der Waals surface area contributed by atoms with Crippen LogP contribution in [0.15, 0.2) is 23.1 Å². The second kappa shape index (κ2) is 3.91. The Morgan fingerprint density at radius 2 is 2.00 bits per heavy atom. The number of nitrogen functional groups attached to an aromatic ring is 1. The molecule has 19 heavy (non-hydrogen) atoms. The number of halogens is 1. The number of nitrogens with zero attached hydrogens (tertiary/aromatic N) is 1. The second-order valence-electron chi connectivity index (χ2n) is 5.31. The number of β-amino-alcohol motifs (C(OH)–C–C–N with tert-alkyl or cyclic N) is 1. The maximum absolute atomic E-state index is 13.7. The van der Waals surface area contributed by atoms with E-state index in [9.17, 15) is 17.9 Å². The van der Waals surface area contributed by atoms with Gasteiger partial charge in [-0.25, -0.2) is 12.8 Å². The molecule has 3 N–H and O–H groups in total. The van der Waals surface area contributed by atoms with Crippen LogP contribution in [0, 0.1) is 11.7 Å². The van der Waals surface area contributed by atoms with Crippen molar-refractivity contribution in [3.8, 4) is 0 Å². The Morgan fingerprint density at radius 3 is 2.53 bits per heavy atom. The predicted molar refractivity (Wildman–Crippen MR) is 67.2 cm³/mol. The summed E-state index contributed by atoms with van der Waals surface area (Å²) in [6.07, 6.45) is 1.85. The highest BCUT2D eigenvalue weighted by Gasteiger charge is 2.55. The van der Waals surface area contributed by atoms with E-state index in [1.165, 1.54) is 12.1 Å². The van der Waals surface area contributed by atoms with Gasteiger partial charge in [0, 0.05) is 13.1 Å². The standard InChI is InChI=1S/C12H15FN2O3S/c13-9-2-1-3-10(14)11(9)19(17,18)15-6-12(16,7-15)8-4-5-8/h1-3,8,16H,4-7,14H2. The van der Waals surface area contributed by atoms with Crippen molar-refractivity contribution in [3.63, 3.8) is 0 Å². The lowest BCUT2D eigenvalue weighted by Gasteiger charge is -2.45. The molecule has 7 heteroatoms. The van der Waals surface area contributed by atoms with Gasteiger partial charge in [0.25, 0.3) is 0 Å². The molecule has 1 saturated heterocycles. The molecule has 1 saturated carbocycles. The molecule has 0 amide bonds. The highest BCUT2D eigenvalue weighted by Crippen LogP contribution is 2.46. The van der Waals surface area contributed by atoms with Crippen LogP contribution in [0.25, 0.3) is 0 Å². The molecule has 0 spiro atoms. The summed E-state index contributed by atoms with van der Waals surface area (Å²) in [7, 11) is -3.97. The van der Waals surface area contributed by atoms with E-state index in [1.807, 2.05) is 0 Å². The quantitative estimate of drug-likeness (QED) is 0.795. The maximum atomic E-state index is 13.7. The minimum Gasteiger partial charge on any atom is -0.398 e. The molecule has 0 bridgehead atoms. The zero-order valence-corrected chi connectivity index (χ0v) is 11.0. The van der Waals surface area contributed by atoms with E-state index in [0.29, 0.717) is 0 Å². The van der Waals surface area contributed by atoms with Crippen molar-refractivity contribution in [1.29, 1.82) is 0 Å². The van der Waals surface area contributed by atoms with Crippen LogP contribution in [0.5, 0.6) is 0 Å². The molecule has 1 aromatic carbocycles. The van der Waals surface area contributed by atoms with Crippen molar-refractivity contribution >= 4 is 15.7 Å². The van der Waals surface area contributed by atoms with Crippen molar-refractivity contribution in [2.24, 2.45) is 5.92 Å². The van der Waals surface area contributed by atoms with E-state index in [2.05, 4.69) is 0 Å². The molecule has 1 aliphatic heterocycles. The Bertz CT molecular complexity index is 602. The monoisotopic (exact) mass is 286 g/mol. The molecule has 104 valence electrons. The first-order valence-corrected chi connectivity index (χ1v) is 7.55. The summed E-state index contributed by atoms with van der Waals surface area (Å²) in [5, 5.41) is 10.1. The Kier molecular flexibility index (Phi) is 2.64. The predicted octanol–water partition coefficient (Wildman–Crippen LogP) is 0.553. The van der Waals surface area contributed by atoms with Crippen LogP contribution >= 0.6 is 0 Å². The van der Waals surface area contributed by atoms with Crippen LogP contribution in [0.1, 0.15) is 12.8 Å². The molecule has 1 aliphatic carbocycles. The summed E-state index contributed by atoms with van der Waals surface area (Å²) in [6.45, 7) is 0.0432. The number of nitrogens with two attached hydrogens (primary N) is 1. The molecule has 1 aromatic rings. The zero-order valence-electron chi connectivity index (χ0n) is 10.2. The molecular weight excluding hydrogens is 271 g/mol. The van der Waals surface area contributed by atoms with Gasteiger partial charge in [-0.1, -0.05) is 6.07 Å². The highest BCUT2D eigenvalue weighted by molar-refractivity contribution is 7.89. The molecule has 1 heterocycles. The number of benzene rings is 1. The number of hydrogen-bond donors (Lipinski definition) is 2. The van der Waals surface area contributed by atoms with Crippen LogP contribution in [0.4, 0.5) is 10.1 Å². The van der Waals surface area contributed by atoms with Gasteiger partial charge in [-0.2, -0.15) is 4.31 Å². The fourth-order valence-electron chi connectivity index (χ4n) is 2.54. The molecule has 2 fully saturated rings. The first-order chi connectivity index (χ1) is 8.84. The molecule has 0 atom stereocenters. The first-order valence-electron chi connectivity index (χ1n) is 6.11. The lowest BCUT2D eigenvalue weighted by Crippen LogP contribution is -2.64. The summed E-state index contributed by atoms with van der Waals surface area (Å²) in [6, 6.07) is 3.78. The molecular formula is C12H15FN2O3S. The van der Waals surface area contributed by atoms with E-state index in [0.717, 1.165) is 23.2 Å². The van der Waals surface area contributed by atoms with Crippen molar-refractivity contribution in [2.45, 2.75) is 23.3 Å². The van der Waals surface area contributed by atoms with Crippen LogP contribution in [0.2, 0.25) is 0 Å². The smallest absolute Gasteiger partial charge is 0.248 e. The van der Waals surface area contributed by atoms with E-state index in [1.54, 1.807) is 0 Å². The van der Waals surface area contributed by atoms with Gasteiger partial charge in [-0.05, 0) is 30.9 Å². The minimum atomic E-state index is -3.97. The van der Waals surface area contributed by atoms with Crippen molar-refractivity contribution in [3.05, 3.63) is 24.0 Å². The third-order valence-corrected chi connectivity index (χ3v) is 5.72. The van der Waals surface area contributed by atoms with Gasteiger partial charge in [0.2, 0.25) is 10.0 Å². The number of aliphatic hydroxyl groups is 1. The minimum absolute atomic E-state index is 0.0216. The Hall–Kier alpha value is -1.18. The Labute approximate surface area is 110 Å². The normalized spacial score (nSPS) is 23.1. The van der Waals surface area contributed by atoms with Gasteiger partial charge in [-0.3, -0.25) is 0 Å². The highest BCUT2D eigenvalue weighted by atomic mass is 32.2. The van der Waals surface area contributed by atoms with Crippen LogP contribution in [0.3, 0.4) is 0 Å². The molecule has 0 unspecified atom stereocenters. The lowest BCUT2D eigenvalue weighted by atomic mass is 9.91. The van der Waals surface area contributed by atoms with Gasteiger partial charge in [0.1, 0.15) is 10.7 Å². The maximum Gasteiger partial charge on any atom is 0.248 e. The first kappa shape index (κ1) is 12.8. The largest absolute Gasteiger partial charge is 0.398 e. The van der Waals surface area contributed by atoms with Crippen molar-refractivity contribution < 1.29 is 17.9 Å². The average Bonchev–Trinajstić information content (AvgIpc) is 3.07.